The van der Waals surface area contributed by atoms with Gasteiger partial charge in [0.1, 0.15) is 34.4 Å². The van der Waals surface area contributed by atoms with Gasteiger partial charge < -0.3 is 13.9 Å². The van der Waals surface area contributed by atoms with Gasteiger partial charge >= 0.3 is 6.18 Å². The Morgan fingerprint density at radius 1 is 1.08 bits per heavy atom. The van der Waals surface area contributed by atoms with Crippen molar-refractivity contribution in [3.8, 4) is 17.1 Å². The second-order valence-corrected chi connectivity index (χ2v) is 9.51. The van der Waals surface area contributed by atoms with Gasteiger partial charge in [0, 0.05) is 41.6 Å². The second-order valence-electron chi connectivity index (χ2n) is 9.12. The Morgan fingerprint density at radius 2 is 1.87 bits per heavy atom. The summed E-state index contributed by atoms with van der Waals surface area (Å²) in [6.07, 6.45) is -0.291. The SMILES string of the molecule is Cc1cc(-c2ncc(Cl)n2C)c2cccc(OCc3c(C)ccnc3Cn3cccc(C(F)(F)F)c3=O)c2n1. The Morgan fingerprint density at radius 3 is 2.59 bits per heavy atom. The number of para-hydroxylation sites is 1. The fourth-order valence-electron chi connectivity index (χ4n) is 4.46. The molecule has 4 heterocycles. The maximum absolute atomic E-state index is 13.3. The largest absolute Gasteiger partial charge is 0.487 e. The normalized spacial score (nSPS) is 11.8. The van der Waals surface area contributed by atoms with E-state index in [-0.39, 0.29) is 13.2 Å². The van der Waals surface area contributed by atoms with E-state index < -0.39 is 17.3 Å². The highest BCUT2D eigenvalue weighted by molar-refractivity contribution is 6.29. The third-order valence-corrected chi connectivity index (χ3v) is 6.85. The number of imidazole rings is 1. The van der Waals surface area contributed by atoms with Crippen LogP contribution in [0, 0.1) is 13.8 Å². The molecular weight excluding hydrogens is 531 g/mol. The van der Waals surface area contributed by atoms with Crippen LogP contribution in [0.3, 0.4) is 0 Å². The first-order chi connectivity index (χ1) is 18.5. The molecule has 200 valence electrons. The summed E-state index contributed by atoms with van der Waals surface area (Å²) in [7, 11) is 1.83. The number of fused-ring (bicyclic) bond motifs is 1. The highest BCUT2D eigenvalue weighted by atomic mass is 35.5. The summed E-state index contributed by atoms with van der Waals surface area (Å²) in [5, 5.41) is 1.32. The predicted molar refractivity (Wildman–Crippen MR) is 142 cm³/mol. The van der Waals surface area contributed by atoms with Crippen LogP contribution < -0.4 is 10.3 Å². The molecule has 0 aliphatic heterocycles. The van der Waals surface area contributed by atoms with Crippen LogP contribution in [0.2, 0.25) is 5.15 Å². The van der Waals surface area contributed by atoms with Gasteiger partial charge in [-0.1, -0.05) is 23.7 Å². The summed E-state index contributed by atoms with van der Waals surface area (Å²) in [6.45, 7) is 3.66. The molecule has 0 amide bonds. The first-order valence-corrected chi connectivity index (χ1v) is 12.3. The van der Waals surface area contributed by atoms with Crippen molar-refractivity contribution in [2.45, 2.75) is 33.2 Å². The smallest absolute Gasteiger partial charge is 0.421 e. The van der Waals surface area contributed by atoms with Crippen LogP contribution >= 0.6 is 11.6 Å². The molecule has 5 aromatic rings. The molecule has 0 saturated heterocycles. The molecule has 0 fully saturated rings. The van der Waals surface area contributed by atoms with Gasteiger partial charge in [-0.2, -0.15) is 13.2 Å². The van der Waals surface area contributed by atoms with Crippen molar-refractivity contribution in [3.05, 3.63) is 105 Å². The average molecular weight is 554 g/mol. The molecule has 7 nitrogen and oxygen atoms in total. The number of hydrogen-bond acceptors (Lipinski definition) is 5. The fraction of sp³-hybridized carbons (Fsp3) is 0.214. The molecule has 0 aliphatic carbocycles. The second kappa shape index (κ2) is 10.2. The minimum atomic E-state index is -4.75. The molecular formula is C28H23ClF3N5O2. The Bertz CT molecular complexity index is 1760. The molecule has 0 N–H and O–H groups in total. The van der Waals surface area contributed by atoms with E-state index in [0.717, 1.165) is 32.8 Å². The average Bonchev–Trinajstić information content (AvgIpc) is 3.21. The lowest BCUT2D eigenvalue weighted by molar-refractivity contribution is -0.138. The van der Waals surface area contributed by atoms with E-state index in [9.17, 15) is 18.0 Å². The lowest BCUT2D eigenvalue weighted by Crippen LogP contribution is -2.29. The molecule has 0 atom stereocenters. The lowest BCUT2D eigenvalue weighted by Gasteiger charge is -2.16. The number of alkyl halides is 3. The van der Waals surface area contributed by atoms with Gasteiger partial charge in [-0.15, -0.1) is 0 Å². The lowest BCUT2D eigenvalue weighted by atomic mass is 10.1. The first kappa shape index (κ1) is 26.4. The van der Waals surface area contributed by atoms with Crippen LogP contribution in [0.15, 0.2) is 65.8 Å². The number of aromatic nitrogens is 5. The topological polar surface area (TPSA) is 74.8 Å². The fourth-order valence-corrected chi connectivity index (χ4v) is 4.59. The van der Waals surface area contributed by atoms with E-state index >= 15 is 0 Å². The van der Waals surface area contributed by atoms with Crippen molar-refractivity contribution in [2.24, 2.45) is 7.05 Å². The van der Waals surface area contributed by atoms with Crippen molar-refractivity contribution >= 4 is 22.5 Å². The third-order valence-electron chi connectivity index (χ3n) is 6.50. The molecule has 11 heteroatoms. The van der Waals surface area contributed by atoms with E-state index in [4.69, 9.17) is 21.3 Å². The molecule has 5 rings (SSSR count). The van der Waals surface area contributed by atoms with Crippen molar-refractivity contribution < 1.29 is 17.9 Å². The summed E-state index contributed by atoms with van der Waals surface area (Å²) in [5.74, 6) is 1.20. The maximum Gasteiger partial charge on any atom is 0.421 e. The van der Waals surface area contributed by atoms with Crippen molar-refractivity contribution in [3.63, 3.8) is 0 Å². The molecule has 1 aromatic carbocycles. The Hall–Kier alpha value is -4.18. The minimum absolute atomic E-state index is 0.0705. The number of nitrogens with zero attached hydrogens (tertiary/aromatic N) is 5. The van der Waals surface area contributed by atoms with Crippen LogP contribution in [0.25, 0.3) is 22.3 Å². The monoisotopic (exact) mass is 553 g/mol. The molecule has 0 radical (unpaired) electrons. The Labute approximate surface area is 226 Å². The zero-order valence-electron chi connectivity index (χ0n) is 21.3. The third kappa shape index (κ3) is 5.12. The summed E-state index contributed by atoms with van der Waals surface area (Å²) in [4.78, 5) is 26.0. The van der Waals surface area contributed by atoms with Gasteiger partial charge in [0.05, 0.1) is 18.4 Å². The van der Waals surface area contributed by atoms with Gasteiger partial charge in [0.15, 0.2) is 0 Å². The maximum atomic E-state index is 13.3. The van der Waals surface area contributed by atoms with Gasteiger partial charge in [-0.25, -0.2) is 9.97 Å². The van der Waals surface area contributed by atoms with E-state index in [0.29, 0.717) is 33.5 Å². The minimum Gasteiger partial charge on any atom is -0.487 e. The number of halogens is 4. The summed E-state index contributed by atoms with van der Waals surface area (Å²) in [6, 6.07) is 11.3. The van der Waals surface area contributed by atoms with Gasteiger partial charge in [-0.3, -0.25) is 9.78 Å². The van der Waals surface area contributed by atoms with E-state index in [1.54, 1.807) is 29.1 Å². The molecule has 0 spiro atoms. The van der Waals surface area contributed by atoms with Gasteiger partial charge in [0.2, 0.25) is 0 Å². The molecule has 0 unspecified atom stereocenters. The highest BCUT2D eigenvalue weighted by Crippen LogP contribution is 2.34. The molecule has 0 saturated carbocycles. The van der Waals surface area contributed by atoms with Crippen LogP contribution in [0.5, 0.6) is 5.75 Å². The number of benzene rings is 1. The number of rotatable bonds is 6. The van der Waals surface area contributed by atoms with Crippen LogP contribution in [-0.2, 0) is 26.4 Å². The standard InChI is InChI=1S/C28H23ClF3N5O2/c1-16-9-10-33-22(14-37-11-5-7-21(27(37)38)28(30,31)32)20(16)15-39-23-8-4-6-18-19(12-17(2)35-25(18)23)26-34-13-24(29)36(26)3/h4-13H,14-15H2,1-3H3. The molecule has 4 aromatic heterocycles. The van der Waals surface area contributed by atoms with Crippen molar-refractivity contribution in [2.75, 3.05) is 0 Å². The van der Waals surface area contributed by atoms with Gasteiger partial charge in [0.25, 0.3) is 5.56 Å². The number of pyridine rings is 3. The summed E-state index contributed by atoms with van der Waals surface area (Å²) in [5.41, 5.74) is 1.81. The molecule has 39 heavy (non-hydrogen) atoms. The van der Waals surface area contributed by atoms with E-state index in [1.807, 2.05) is 39.1 Å². The zero-order chi connectivity index (χ0) is 27.9. The Balaban J connectivity index is 1.50. The van der Waals surface area contributed by atoms with E-state index in [2.05, 4.69) is 9.97 Å². The summed E-state index contributed by atoms with van der Waals surface area (Å²) >= 11 is 6.22. The number of hydrogen-bond donors (Lipinski definition) is 0. The van der Waals surface area contributed by atoms with Crippen molar-refractivity contribution in [1.82, 2.24) is 24.1 Å². The zero-order valence-corrected chi connectivity index (χ0v) is 22.0. The van der Waals surface area contributed by atoms with Crippen molar-refractivity contribution in [1.29, 1.82) is 0 Å². The van der Waals surface area contributed by atoms with Crippen LogP contribution in [-0.4, -0.2) is 24.1 Å². The quantitative estimate of drug-likeness (QED) is 0.254. The molecule has 0 bridgehead atoms. The number of aryl methyl sites for hydroxylation is 2. The van der Waals surface area contributed by atoms with Crippen LogP contribution in [0.1, 0.15) is 28.1 Å². The predicted octanol–water partition coefficient (Wildman–Crippen LogP) is 6.11. The van der Waals surface area contributed by atoms with E-state index in [1.165, 1.54) is 12.3 Å². The highest BCUT2D eigenvalue weighted by Gasteiger charge is 2.34. The first-order valence-electron chi connectivity index (χ1n) is 12.0. The number of ether oxygens (including phenoxy) is 1. The summed E-state index contributed by atoms with van der Waals surface area (Å²) < 4.78 is 48.8. The Kier molecular flexibility index (Phi) is 6.90. The molecule has 0 aliphatic rings. The van der Waals surface area contributed by atoms with Gasteiger partial charge in [-0.05, 0) is 49.7 Å². The van der Waals surface area contributed by atoms with Crippen LogP contribution in [0.4, 0.5) is 13.2 Å².